The van der Waals surface area contributed by atoms with Crippen molar-refractivity contribution in [2.75, 3.05) is 0 Å². The lowest BCUT2D eigenvalue weighted by molar-refractivity contribution is 0.00578. The van der Waals surface area contributed by atoms with Gasteiger partial charge in [-0.2, -0.15) is 0 Å². The van der Waals surface area contributed by atoms with Gasteiger partial charge in [0.15, 0.2) is 0 Å². The van der Waals surface area contributed by atoms with Gasteiger partial charge < -0.3 is 14.0 Å². The summed E-state index contributed by atoms with van der Waals surface area (Å²) in [5.41, 5.74) is 1.54. The summed E-state index contributed by atoms with van der Waals surface area (Å²) in [6.45, 7) is 8.86. The van der Waals surface area contributed by atoms with Crippen LogP contribution in [-0.2, 0) is 15.9 Å². The van der Waals surface area contributed by atoms with Crippen molar-refractivity contribution in [2.45, 2.75) is 45.5 Å². The van der Waals surface area contributed by atoms with Crippen LogP contribution in [0.5, 0.6) is 5.75 Å². The SMILES string of the molecule is CC1(C)OB(c2ccc3cc(OCc4ccccc4)ccc3c2)OC1(C)C. The Morgan fingerprint density at radius 1 is 0.778 bits per heavy atom. The molecular formula is C23H25BO3. The van der Waals surface area contributed by atoms with Crippen LogP contribution in [0.25, 0.3) is 10.8 Å². The predicted molar refractivity (Wildman–Crippen MR) is 110 cm³/mol. The van der Waals surface area contributed by atoms with Gasteiger partial charge in [-0.05, 0) is 61.6 Å². The van der Waals surface area contributed by atoms with Crippen molar-refractivity contribution in [1.82, 2.24) is 0 Å². The highest BCUT2D eigenvalue weighted by Crippen LogP contribution is 2.36. The zero-order valence-corrected chi connectivity index (χ0v) is 16.4. The largest absolute Gasteiger partial charge is 0.494 e. The van der Waals surface area contributed by atoms with E-state index in [0.717, 1.165) is 27.5 Å². The molecule has 3 aromatic rings. The number of ether oxygens (including phenoxy) is 1. The van der Waals surface area contributed by atoms with Crippen LogP contribution in [0.2, 0.25) is 0 Å². The molecule has 0 bridgehead atoms. The molecule has 1 heterocycles. The van der Waals surface area contributed by atoms with E-state index in [2.05, 4.69) is 70.2 Å². The Hall–Kier alpha value is -2.30. The molecule has 0 aliphatic carbocycles. The lowest BCUT2D eigenvalue weighted by atomic mass is 9.78. The smallest absolute Gasteiger partial charge is 0.489 e. The van der Waals surface area contributed by atoms with Gasteiger partial charge in [-0.25, -0.2) is 0 Å². The second-order valence-corrected chi connectivity index (χ2v) is 8.13. The first kappa shape index (κ1) is 18.1. The number of hydrogen-bond acceptors (Lipinski definition) is 3. The first-order chi connectivity index (χ1) is 12.8. The molecule has 27 heavy (non-hydrogen) atoms. The Balaban J connectivity index is 1.53. The molecule has 1 fully saturated rings. The van der Waals surface area contributed by atoms with Gasteiger partial charge in [0.25, 0.3) is 0 Å². The average Bonchev–Trinajstić information content (AvgIpc) is 2.88. The van der Waals surface area contributed by atoms with Gasteiger partial charge in [0.2, 0.25) is 0 Å². The van der Waals surface area contributed by atoms with Crippen molar-refractivity contribution in [1.29, 1.82) is 0 Å². The highest BCUT2D eigenvalue weighted by atomic mass is 16.7. The number of fused-ring (bicyclic) bond motifs is 1. The van der Waals surface area contributed by atoms with E-state index in [9.17, 15) is 0 Å². The lowest BCUT2D eigenvalue weighted by Crippen LogP contribution is -2.41. The van der Waals surface area contributed by atoms with Crippen LogP contribution in [-0.4, -0.2) is 18.3 Å². The van der Waals surface area contributed by atoms with E-state index in [-0.39, 0.29) is 18.3 Å². The van der Waals surface area contributed by atoms with E-state index in [1.807, 2.05) is 24.3 Å². The molecule has 3 nitrogen and oxygen atoms in total. The quantitative estimate of drug-likeness (QED) is 0.631. The summed E-state index contributed by atoms with van der Waals surface area (Å²) >= 11 is 0. The Labute approximate surface area is 161 Å². The fraction of sp³-hybridized carbons (Fsp3) is 0.304. The zero-order chi connectivity index (χ0) is 19.1. The lowest BCUT2D eigenvalue weighted by Gasteiger charge is -2.32. The normalized spacial score (nSPS) is 18.0. The highest BCUT2D eigenvalue weighted by Gasteiger charge is 2.51. The fourth-order valence-electron chi connectivity index (χ4n) is 3.20. The second kappa shape index (κ2) is 6.70. The molecule has 3 aromatic carbocycles. The van der Waals surface area contributed by atoms with Crippen molar-refractivity contribution in [3.63, 3.8) is 0 Å². The Kier molecular flexibility index (Phi) is 4.49. The Morgan fingerprint density at radius 3 is 2.11 bits per heavy atom. The van der Waals surface area contributed by atoms with Crippen molar-refractivity contribution < 1.29 is 14.0 Å². The van der Waals surface area contributed by atoms with Gasteiger partial charge in [0.05, 0.1) is 11.2 Å². The third-order valence-electron chi connectivity index (χ3n) is 5.61. The van der Waals surface area contributed by atoms with Crippen LogP contribution in [0.1, 0.15) is 33.3 Å². The van der Waals surface area contributed by atoms with Crippen molar-refractivity contribution in [3.8, 4) is 5.75 Å². The summed E-state index contributed by atoms with van der Waals surface area (Å²) in [5.74, 6) is 0.870. The number of rotatable bonds is 4. The third-order valence-corrected chi connectivity index (χ3v) is 5.61. The summed E-state index contributed by atoms with van der Waals surface area (Å²) < 4.78 is 18.3. The van der Waals surface area contributed by atoms with Crippen molar-refractivity contribution in [3.05, 3.63) is 72.3 Å². The average molecular weight is 360 g/mol. The van der Waals surface area contributed by atoms with Gasteiger partial charge in [0.1, 0.15) is 12.4 Å². The van der Waals surface area contributed by atoms with E-state index in [4.69, 9.17) is 14.0 Å². The first-order valence-electron chi connectivity index (χ1n) is 9.40. The van der Waals surface area contributed by atoms with E-state index in [1.165, 1.54) is 0 Å². The maximum Gasteiger partial charge on any atom is 0.494 e. The molecule has 138 valence electrons. The molecule has 1 saturated heterocycles. The highest BCUT2D eigenvalue weighted by molar-refractivity contribution is 6.62. The first-order valence-corrected chi connectivity index (χ1v) is 9.40. The molecule has 1 aliphatic rings. The molecule has 4 rings (SSSR count). The zero-order valence-electron chi connectivity index (χ0n) is 16.4. The van der Waals surface area contributed by atoms with Gasteiger partial charge in [-0.1, -0.05) is 54.6 Å². The van der Waals surface area contributed by atoms with E-state index in [0.29, 0.717) is 6.61 Å². The van der Waals surface area contributed by atoms with E-state index >= 15 is 0 Å². The van der Waals surface area contributed by atoms with Crippen LogP contribution in [0, 0.1) is 0 Å². The number of hydrogen-bond donors (Lipinski definition) is 0. The monoisotopic (exact) mass is 360 g/mol. The molecule has 0 aromatic heterocycles. The van der Waals surface area contributed by atoms with Crippen LogP contribution in [0.4, 0.5) is 0 Å². The molecule has 0 spiro atoms. The number of benzene rings is 3. The minimum Gasteiger partial charge on any atom is -0.489 e. The minimum absolute atomic E-state index is 0.332. The van der Waals surface area contributed by atoms with Gasteiger partial charge >= 0.3 is 7.12 Å². The molecule has 0 atom stereocenters. The molecule has 0 saturated carbocycles. The van der Waals surface area contributed by atoms with Gasteiger partial charge in [0, 0.05) is 0 Å². The van der Waals surface area contributed by atoms with Gasteiger partial charge in [-0.15, -0.1) is 0 Å². The van der Waals surface area contributed by atoms with E-state index in [1.54, 1.807) is 0 Å². The Morgan fingerprint density at radius 2 is 1.41 bits per heavy atom. The molecule has 1 aliphatic heterocycles. The van der Waals surface area contributed by atoms with Crippen molar-refractivity contribution in [2.24, 2.45) is 0 Å². The standard InChI is InChI=1S/C23H25BO3/c1-22(2)23(3,4)27-24(26-22)20-12-10-19-15-21(13-11-18(19)14-20)25-16-17-8-6-5-7-9-17/h5-15H,16H2,1-4H3. The van der Waals surface area contributed by atoms with Crippen LogP contribution in [0.15, 0.2) is 66.7 Å². The maximum atomic E-state index is 6.16. The van der Waals surface area contributed by atoms with Crippen molar-refractivity contribution >= 4 is 23.4 Å². The van der Waals surface area contributed by atoms with Crippen LogP contribution >= 0.6 is 0 Å². The third kappa shape index (κ3) is 3.60. The molecule has 4 heteroatoms. The minimum atomic E-state index is -0.339. The predicted octanol–water partition coefficient (Wildman–Crippen LogP) is 4.72. The van der Waals surface area contributed by atoms with E-state index < -0.39 is 0 Å². The maximum absolute atomic E-state index is 6.16. The molecule has 0 N–H and O–H groups in total. The second-order valence-electron chi connectivity index (χ2n) is 8.13. The topological polar surface area (TPSA) is 27.7 Å². The summed E-state index contributed by atoms with van der Waals surface area (Å²) in [7, 11) is -0.339. The van der Waals surface area contributed by atoms with Crippen LogP contribution < -0.4 is 10.2 Å². The molecule has 0 unspecified atom stereocenters. The fourth-order valence-corrected chi connectivity index (χ4v) is 3.20. The van der Waals surface area contributed by atoms with Crippen LogP contribution in [0.3, 0.4) is 0 Å². The molecule has 0 radical (unpaired) electrons. The van der Waals surface area contributed by atoms with Gasteiger partial charge in [-0.3, -0.25) is 0 Å². The summed E-state index contributed by atoms with van der Waals surface area (Å²) in [6.07, 6.45) is 0. The molecular weight excluding hydrogens is 335 g/mol. The molecule has 0 amide bonds. The summed E-state index contributed by atoms with van der Waals surface area (Å²) in [5, 5.41) is 2.29. The Bertz CT molecular complexity index is 934. The summed E-state index contributed by atoms with van der Waals surface area (Å²) in [6, 6.07) is 22.7. The summed E-state index contributed by atoms with van der Waals surface area (Å²) in [4.78, 5) is 0.